The van der Waals surface area contributed by atoms with E-state index >= 15 is 0 Å². The Labute approximate surface area is 241 Å². The molecule has 2 N–H and O–H groups in total. The average molecular weight is 569 g/mol. The third kappa shape index (κ3) is 7.42. The third-order valence-corrected chi connectivity index (χ3v) is 7.93. The molecule has 0 saturated carbocycles. The summed E-state index contributed by atoms with van der Waals surface area (Å²) in [6.07, 6.45) is -0.0859. The summed E-state index contributed by atoms with van der Waals surface area (Å²) in [4.78, 5) is 43.0. The van der Waals surface area contributed by atoms with Gasteiger partial charge in [0.1, 0.15) is 24.5 Å². The summed E-state index contributed by atoms with van der Waals surface area (Å²) in [7, 11) is 1.50. The Morgan fingerprint density at radius 3 is 2.39 bits per heavy atom. The van der Waals surface area contributed by atoms with Crippen LogP contribution in [0.4, 0.5) is 9.18 Å². The molecule has 222 valence electrons. The van der Waals surface area contributed by atoms with E-state index in [1.807, 2.05) is 56.0 Å². The fourth-order valence-electron chi connectivity index (χ4n) is 5.32. The van der Waals surface area contributed by atoms with Crippen LogP contribution in [0.2, 0.25) is 0 Å². The van der Waals surface area contributed by atoms with Crippen LogP contribution in [0.15, 0.2) is 54.6 Å². The van der Waals surface area contributed by atoms with Gasteiger partial charge in [0, 0.05) is 26.2 Å². The van der Waals surface area contributed by atoms with E-state index in [1.54, 1.807) is 19.1 Å². The molecule has 0 spiro atoms. The zero-order chi connectivity index (χ0) is 29.7. The van der Waals surface area contributed by atoms with Gasteiger partial charge < -0.3 is 25.0 Å². The van der Waals surface area contributed by atoms with Gasteiger partial charge in [-0.25, -0.2) is 9.18 Å². The maximum Gasteiger partial charge on any atom is 0.410 e. The molecule has 0 aromatic heterocycles. The lowest BCUT2D eigenvalue weighted by molar-refractivity contribution is -0.143. The molecule has 0 bridgehead atoms. The molecular weight excluding hydrogens is 527 g/mol. The number of likely N-dealkylation sites (tertiary alicyclic amines) is 1. The first kappa shape index (κ1) is 30.5. The van der Waals surface area contributed by atoms with Crippen molar-refractivity contribution in [3.05, 3.63) is 71.5 Å². The highest BCUT2D eigenvalue weighted by atomic mass is 19.1. The monoisotopic (exact) mass is 568 g/mol. The molecule has 2 heterocycles. The van der Waals surface area contributed by atoms with Crippen molar-refractivity contribution in [2.45, 2.75) is 77.6 Å². The smallest absolute Gasteiger partial charge is 0.410 e. The highest BCUT2D eigenvalue weighted by Crippen LogP contribution is 2.31. The molecule has 41 heavy (non-hydrogen) atoms. The largest absolute Gasteiger partial charge is 0.445 e. The van der Waals surface area contributed by atoms with Gasteiger partial charge >= 0.3 is 6.09 Å². The fraction of sp³-hybridized carbons (Fsp3) is 0.516. The van der Waals surface area contributed by atoms with Crippen LogP contribution in [0.1, 0.15) is 45.2 Å². The number of fused-ring (bicyclic) bond motifs is 1. The number of hydrogen-bond donors (Lipinski definition) is 2. The fourth-order valence-corrected chi connectivity index (χ4v) is 5.32. The van der Waals surface area contributed by atoms with Crippen LogP contribution in [-0.4, -0.2) is 78.1 Å². The first-order valence-corrected chi connectivity index (χ1v) is 14.1. The molecule has 10 heteroatoms. The maximum absolute atomic E-state index is 14.0. The third-order valence-electron chi connectivity index (χ3n) is 7.93. The number of halogens is 1. The topological polar surface area (TPSA) is 100 Å². The van der Waals surface area contributed by atoms with E-state index in [4.69, 9.17) is 9.47 Å². The van der Waals surface area contributed by atoms with Crippen molar-refractivity contribution in [1.29, 1.82) is 0 Å². The van der Waals surface area contributed by atoms with Gasteiger partial charge in [0.25, 0.3) is 0 Å². The molecule has 2 aliphatic heterocycles. The lowest BCUT2D eigenvalue weighted by Gasteiger charge is -2.37. The summed E-state index contributed by atoms with van der Waals surface area (Å²) < 4.78 is 24.9. The second-order valence-corrected chi connectivity index (χ2v) is 11.9. The number of nitrogens with zero attached hydrogens (tertiary/aromatic N) is 2. The number of carbonyl (C=O) groups is 3. The van der Waals surface area contributed by atoms with E-state index < -0.39 is 29.5 Å². The molecule has 5 atom stereocenters. The zero-order valence-electron chi connectivity index (χ0n) is 24.4. The molecule has 2 aromatic rings. The number of amides is 3. The van der Waals surface area contributed by atoms with E-state index in [0.717, 1.165) is 17.5 Å². The Morgan fingerprint density at radius 2 is 1.73 bits per heavy atom. The summed E-state index contributed by atoms with van der Waals surface area (Å²) in [5.41, 5.74) is 1.11. The number of rotatable bonds is 9. The molecule has 9 nitrogen and oxygen atoms in total. The van der Waals surface area contributed by atoms with Crippen LogP contribution < -0.4 is 10.6 Å². The molecule has 0 aliphatic carbocycles. The minimum Gasteiger partial charge on any atom is -0.445 e. The lowest BCUT2D eigenvalue weighted by Crippen LogP contribution is -2.60. The maximum atomic E-state index is 14.0. The minimum atomic E-state index is -0.859. The Kier molecular flexibility index (Phi) is 9.65. The number of carbonyl (C=O) groups excluding carboxylic acids is 3. The SMILES string of the molecule is C[C@@H](C(=O)NC(C(=O)N1CC[C@H]2NC[C@H](OCc3ccc(F)cc3)[C@H]21)C(C)(C)C)N(C)C(=O)OCc1ccccc1. The second kappa shape index (κ2) is 13.0. The van der Waals surface area contributed by atoms with E-state index in [-0.39, 0.29) is 36.5 Å². The second-order valence-electron chi connectivity index (χ2n) is 11.9. The van der Waals surface area contributed by atoms with Gasteiger partial charge in [-0.1, -0.05) is 63.2 Å². The normalized spacial score (nSPS) is 21.6. The highest BCUT2D eigenvalue weighted by molar-refractivity contribution is 5.92. The molecule has 4 rings (SSSR count). The van der Waals surface area contributed by atoms with Gasteiger partial charge in [-0.2, -0.15) is 0 Å². The van der Waals surface area contributed by atoms with Gasteiger partial charge in [-0.05, 0) is 42.0 Å². The van der Waals surface area contributed by atoms with Crippen LogP contribution in [0.5, 0.6) is 0 Å². The van der Waals surface area contributed by atoms with E-state index in [2.05, 4.69) is 10.6 Å². The lowest BCUT2D eigenvalue weighted by atomic mass is 9.85. The molecule has 0 radical (unpaired) electrons. The summed E-state index contributed by atoms with van der Waals surface area (Å²) in [6.45, 7) is 8.86. The minimum absolute atomic E-state index is 0.0946. The summed E-state index contributed by atoms with van der Waals surface area (Å²) in [5.74, 6) is -0.926. The number of nitrogens with one attached hydrogen (secondary N) is 2. The van der Waals surface area contributed by atoms with Gasteiger partial charge in [0.2, 0.25) is 11.8 Å². The predicted octanol–water partition coefficient (Wildman–Crippen LogP) is 3.47. The van der Waals surface area contributed by atoms with Crippen molar-refractivity contribution in [1.82, 2.24) is 20.4 Å². The van der Waals surface area contributed by atoms with Crippen LogP contribution in [0.25, 0.3) is 0 Å². The van der Waals surface area contributed by atoms with Crippen molar-refractivity contribution in [3.8, 4) is 0 Å². The molecule has 2 aliphatic rings. The highest BCUT2D eigenvalue weighted by Gasteiger charge is 2.49. The van der Waals surface area contributed by atoms with Crippen molar-refractivity contribution in [2.75, 3.05) is 20.1 Å². The standard InChI is InChI=1S/C31H41FN4O5/c1-20(35(5)30(39)41-19-21-9-7-6-8-10-21)28(37)34-27(31(2,3)4)29(38)36-16-15-24-26(36)25(17-33-24)40-18-22-11-13-23(32)14-12-22/h6-14,20,24-27,33H,15-19H2,1-5H3,(H,34,37)/t20-,24+,25-,26-,27?/m0/s1. The van der Waals surface area contributed by atoms with Crippen LogP contribution in [0.3, 0.4) is 0 Å². The van der Waals surface area contributed by atoms with Crippen LogP contribution in [-0.2, 0) is 32.3 Å². The Balaban J connectivity index is 1.39. The van der Waals surface area contributed by atoms with Crippen molar-refractivity contribution >= 4 is 17.9 Å². The average Bonchev–Trinajstić information content (AvgIpc) is 3.55. The number of likely N-dealkylation sites (N-methyl/N-ethyl adjacent to an activating group) is 1. The molecular formula is C31H41FN4O5. The predicted molar refractivity (Wildman–Crippen MR) is 152 cm³/mol. The summed E-state index contributed by atoms with van der Waals surface area (Å²) in [5, 5.41) is 6.39. The van der Waals surface area contributed by atoms with Crippen molar-refractivity contribution in [2.24, 2.45) is 5.41 Å². The zero-order valence-corrected chi connectivity index (χ0v) is 24.4. The van der Waals surface area contributed by atoms with Crippen LogP contribution in [0, 0.1) is 11.2 Å². The van der Waals surface area contributed by atoms with Gasteiger partial charge in [0.15, 0.2) is 0 Å². The summed E-state index contributed by atoms with van der Waals surface area (Å²) in [6, 6.07) is 13.7. The van der Waals surface area contributed by atoms with Crippen LogP contribution >= 0.6 is 0 Å². The van der Waals surface area contributed by atoms with E-state index in [1.165, 1.54) is 24.1 Å². The molecule has 1 unspecified atom stereocenters. The Bertz CT molecular complexity index is 1200. The molecule has 2 fully saturated rings. The molecule has 3 amide bonds. The Hall–Kier alpha value is -3.50. The quantitative estimate of drug-likeness (QED) is 0.481. The van der Waals surface area contributed by atoms with Gasteiger partial charge in [0.05, 0.1) is 18.8 Å². The number of benzene rings is 2. The number of hydrogen-bond acceptors (Lipinski definition) is 6. The first-order chi connectivity index (χ1) is 19.5. The van der Waals surface area contributed by atoms with E-state index in [0.29, 0.717) is 19.7 Å². The Morgan fingerprint density at radius 1 is 1.07 bits per heavy atom. The summed E-state index contributed by atoms with van der Waals surface area (Å²) >= 11 is 0. The van der Waals surface area contributed by atoms with Crippen molar-refractivity contribution < 1.29 is 28.2 Å². The van der Waals surface area contributed by atoms with Crippen molar-refractivity contribution in [3.63, 3.8) is 0 Å². The van der Waals surface area contributed by atoms with E-state index in [9.17, 15) is 18.8 Å². The molecule has 2 saturated heterocycles. The molecule has 2 aromatic carbocycles. The van der Waals surface area contributed by atoms with Gasteiger partial charge in [-0.3, -0.25) is 14.5 Å². The number of ether oxygens (including phenoxy) is 2. The van der Waals surface area contributed by atoms with Gasteiger partial charge in [-0.15, -0.1) is 0 Å². The first-order valence-electron chi connectivity index (χ1n) is 14.1.